The summed E-state index contributed by atoms with van der Waals surface area (Å²) in [5, 5.41) is 2.53. The van der Waals surface area contributed by atoms with Crippen LogP contribution in [0.5, 0.6) is 0 Å². The first kappa shape index (κ1) is 19.1. The maximum Gasteiger partial charge on any atom is 0.416 e. The zero-order valence-electron chi connectivity index (χ0n) is 13.0. The summed E-state index contributed by atoms with van der Waals surface area (Å²) in [5.41, 5.74) is -0.0850. The molecule has 0 bridgehead atoms. The molecule has 0 unspecified atom stereocenters. The maximum atomic E-state index is 12.8. The fourth-order valence-corrected chi connectivity index (χ4v) is 3.17. The molecular formula is C17H15F4NO2S. The highest BCUT2D eigenvalue weighted by atomic mass is 32.2. The van der Waals surface area contributed by atoms with Crippen molar-refractivity contribution in [2.45, 2.75) is 18.3 Å². The van der Waals surface area contributed by atoms with E-state index in [0.717, 1.165) is 12.1 Å². The first-order chi connectivity index (χ1) is 11.7. The molecule has 2 aromatic carbocycles. The number of benzene rings is 2. The fourth-order valence-electron chi connectivity index (χ4n) is 2.06. The summed E-state index contributed by atoms with van der Waals surface area (Å²) < 4.78 is 62.7. The monoisotopic (exact) mass is 373 g/mol. The van der Waals surface area contributed by atoms with Crippen LogP contribution in [-0.4, -0.2) is 15.9 Å². The second-order valence-electron chi connectivity index (χ2n) is 5.29. The minimum atomic E-state index is -4.45. The Morgan fingerprint density at radius 3 is 2.40 bits per heavy atom. The van der Waals surface area contributed by atoms with Crippen LogP contribution in [0.1, 0.15) is 17.5 Å². The number of nitrogens with one attached hydrogen (secondary N) is 1. The highest BCUT2D eigenvalue weighted by Crippen LogP contribution is 2.29. The van der Waals surface area contributed by atoms with E-state index in [-0.39, 0.29) is 17.9 Å². The van der Waals surface area contributed by atoms with E-state index >= 15 is 0 Å². The fraction of sp³-hybridized carbons (Fsp3) is 0.235. The minimum Gasteiger partial charge on any atom is -0.326 e. The molecule has 2 aromatic rings. The van der Waals surface area contributed by atoms with Crippen LogP contribution < -0.4 is 5.32 Å². The molecule has 0 radical (unpaired) electrons. The van der Waals surface area contributed by atoms with Gasteiger partial charge in [-0.2, -0.15) is 13.2 Å². The molecule has 2 rings (SSSR count). The SMILES string of the molecule is O=C(CC[S@](=O)Cc1cccc(C(F)(F)F)c1)Nc1ccc(F)cc1. The first-order valence-corrected chi connectivity index (χ1v) is 8.79. The molecule has 0 aliphatic carbocycles. The quantitative estimate of drug-likeness (QED) is 0.775. The lowest BCUT2D eigenvalue weighted by Crippen LogP contribution is -2.15. The van der Waals surface area contributed by atoms with Gasteiger partial charge in [0, 0.05) is 34.4 Å². The normalized spacial score (nSPS) is 12.6. The second kappa shape index (κ2) is 8.24. The molecule has 1 amide bonds. The Labute approximate surface area is 144 Å². The zero-order valence-corrected chi connectivity index (χ0v) is 13.8. The molecule has 0 aliphatic rings. The van der Waals surface area contributed by atoms with Crippen LogP contribution in [-0.2, 0) is 27.5 Å². The topological polar surface area (TPSA) is 46.2 Å². The molecular weight excluding hydrogens is 358 g/mol. The van der Waals surface area contributed by atoms with Crippen LogP contribution in [0, 0.1) is 5.82 Å². The van der Waals surface area contributed by atoms with Gasteiger partial charge in [0.2, 0.25) is 5.91 Å². The maximum absolute atomic E-state index is 12.8. The van der Waals surface area contributed by atoms with E-state index in [1.54, 1.807) is 0 Å². The van der Waals surface area contributed by atoms with Crippen LogP contribution in [0.25, 0.3) is 0 Å². The molecule has 0 heterocycles. The lowest BCUT2D eigenvalue weighted by molar-refractivity contribution is -0.137. The van der Waals surface area contributed by atoms with Crippen LogP contribution in [0.3, 0.4) is 0 Å². The van der Waals surface area contributed by atoms with E-state index in [1.807, 2.05) is 0 Å². The van der Waals surface area contributed by atoms with Crippen LogP contribution in [0.15, 0.2) is 48.5 Å². The highest BCUT2D eigenvalue weighted by molar-refractivity contribution is 7.84. The van der Waals surface area contributed by atoms with Crippen molar-refractivity contribution in [2.75, 3.05) is 11.1 Å². The number of hydrogen-bond donors (Lipinski definition) is 1. The third-order valence-corrected chi connectivity index (χ3v) is 4.58. The number of rotatable bonds is 6. The summed E-state index contributed by atoms with van der Waals surface area (Å²) in [6.07, 6.45) is -4.50. The average molecular weight is 373 g/mol. The molecule has 134 valence electrons. The Morgan fingerprint density at radius 1 is 1.08 bits per heavy atom. The van der Waals surface area contributed by atoms with Crippen LogP contribution in [0.2, 0.25) is 0 Å². The summed E-state index contributed by atoms with van der Waals surface area (Å²) in [4.78, 5) is 11.8. The molecule has 0 fully saturated rings. The number of halogens is 4. The molecule has 1 atom stereocenters. The molecule has 0 saturated heterocycles. The zero-order chi connectivity index (χ0) is 18.4. The predicted octanol–water partition coefficient (Wildman–Crippen LogP) is 4.12. The first-order valence-electron chi connectivity index (χ1n) is 7.30. The number of carbonyl (C=O) groups is 1. The van der Waals surface area contributed by atoms with E-state index in [0.29, 0.717) is 11.3 Å². The van der Waals surface area contributed by atoms with Gasteiger partial charge in [0.05, 0.1) is 5.56 Å². The number of amides is 1. The molecule has 0 aliphatic heterocycles. The highest BCUT2D eigenvalue weighted by Gasteiger charge is 2.30. The molecule has 0 spiro atoms. The van der Waals surface area contributed by atoms with Gasteiger partial charge < -0.3 is 5.32 Å². The van der Waals surface area contributed by atoms with Gasteiger partial charge in [-0.3, -0.25) is 9.00 Å². The van der Waals surface area contributed by atoms with Crippen molar-refractivity contribution in [3.8, 4) is 0 Å². The Bertz CT molecular complexity index is 760. The van der Waals surface area contributed by atoms with Crippen molar-refractivity contribution in [2.24, 2.45) is 0 Å². The number of anilines is 1. The Balaban J connectivity index is 1.84. The summed E-state index contributed by atoms with van der Waals surface area (Å²) in [5.74, 6) is -0.874. The minimum absolute atomic E-state index is 0.0171. The Morgan fingerprint density at radius 2 is 1.76 bits per heavy atom. The average Bonchev–Trinajstić information content (AvgIpc) is 2.55. The van der Waals surface area contributed by atoms with Gasteiger partial charge in [-0.25, -0.2) is 4.39 Å². The van der Waals surface area contributed by atoms with Gasteiger partial charge in [0.25, 0.3) is 0 Å². The van der Waals surface area contributed by atoms with E-state index in [9.17, 15) is 26.6 Å². The molecule has 1 N–H and O–H groups in total. The van der Waals surface area contributed by atoms with E-state index in [4.69, 9.17) is 0 Å². The van der Waals surface area contributed by atoms with Crippen molar-refractivity contribution in [3.05, 3.63) is 65.5 Å². The number of alkyl halides is 3. The molecule has 0 saturated carbocycles. The van der Waals surface area contributed by atoms with E-state index < -0.39 is 34.3 Å². The Kier molecular flexibility index (Phi) is 6.30. The molecule has 0 aromatic heterocycles. The molecule has 25 heavy (non-hydrogen) atoms. The van der Waals surface area contributed by atoms with Crippen molar-refractivity contribution < 1.29 is 26.6 Å². The second-order valence-corrected chi connectivity index (χ2v) is 6.87. The summed E-state index contributed by atoms with van der Waals surface area (Å²) in [6.45, 7) is 0. The third kappa shape index (κ3) is 6.30. The van der Waals surface area contributed by atoms with Gasteiger partial charge in [-0.05, 0) is 35.9 Å². The van der Waals surface area contributed by atoms with Crippen molar-refractivity contribution in [1.29, 1.82) is 0 Å². The standard InChI is InChI=1S/C17H15F4NO2S/c18-14-4-6-15(7-5-14)22-16(23)8-9-25(24)11-12-2-1-3-13(10-12)17(19,20)21/h1-7,10H,8-9,11H2,(H,22,23)/t25-/m0/s1. The number of carbonyl (C=O) groups excluding carboxylic acids is 1. The summed E-state index contributed by atoms with van der Waals surface area (Å²) in [6, 6.07) is 9.81. The lowest BCUT2D eigenvalue weighted by atomic mass is 10.1. The van der Waals surface area contributed by atoms with E-state index in [1.165, 1.54) is 36.4 Å². The van der Waals surface area contributed by atoms with Gasteiger partial charge in [-0.1, -0.05) is 18.2 Å². The van der Waals surface area contributed by atoms with Crippen molar-refractivity contribution in [3.63, 3.8) is 0 Å². The van der Waals surface area contributed by atoms with Crippen molar-refractivity contribution in [1.82, 2.24) is 0 Å². The predicted molar refractivity (Wildman–Crippen MR) is 87.8 cm³/mol. The summed E-state index contributed by atoms with van der Waals surface area (Å²) >= 11 is 0. The van der Waals surface area contributed by atoms with E-state index in [2.05, 4.69) is 5.32 Å². The van der Waals surface area contributed by atoms with Gasteiger partial charge >= 0.3 is 6.18 Å². The molecule has 8 heteroatoms. The van der Waals surface area contributed by atoms with Gasteiger partial charge in [-0.15, -0.1) is 0 Å². The van der Waals surface area contributed by atoms with Crippen LogP contribution >= 0.6 is 0 Å². The Hall–Kier alpha value is -2.22. The largest absolute Gasteiger partial charge is 0.416 e. The molecule has 3 nitrogen and oxygen atoms in total. The lowest BCUT2D eigenvalue weighted by Gasteiger charge is -2.09. The van der Waals surface area contributed by atoms with Crippen LogP contribution in [0.4, 0.5) is 23.2 Å². The third-order valence-electron chi connectivity index (χ3n) is 3.27. The van der Waals surface area contributed by atoms with Gasteiger partial charge in [0.1, 0.15) is 5.82 Å². The van der Waals surface area contributed by atoms with Gasteiger partial charge in [0.15, 0.2) is 0 Å². The smallest absolute Gasteiger partial charge is 0.326 e. The van der Waals surface area contributed by atoms with Crippen molar-refractivity contribution >= 4 is 22.4 Å². The summed E-state index contributed by atoms with van der Waals surface area (Å²) in [7, 11) is -1.48. The number of hydrogen-bond acceptors (Lipinski definition) is 2.